The van der Waals surface area contributed by atoms with Crippen molar-refractivity contribution in [3.05, 3.63) is 95.6 Å². The second-order valence-corrected chi connectivity index (χ2v) is 11.3. The third-order valence-electron chi connectivity index (χ3n) is 7.50. The summed E-state index contributed by atoms with van der Waals surface area (Å²) in [6, 6.07) is 26.1. The van der Waals surface area contributed by atoms with Crippen LogP contribution in [-0.4, -0.2) is 55.3 Å². The number of carbonyl (C=O) groups excluding carboxylic acids is 2. The van der Waals surface area contributed by atoms with Gasteiger partial charge >= 0.3 is 12.1 Å². The third kappa shape index (κ3) is 5.89. The first-order valence-corrected chi connectivity index (χ1v) is 14.6. The Morgan fingerprint density at radius 2 is 1.50 bits per heavy atom. The zero-order valence-corrected chi connectivity index (χ0v) is 23.7. The predicted molar refractivity (Wildman–Crippen MR) is 153 cm³/mol. The van der Waals surface area contributed by atoms with Crippen LogP contribution in [0.15, 0.2) is 78.9 Å². The Hall–Kier alpha value is -3.33. The standard InChI is InChI=1S/C32H34O7S/c1-4-40-31-28(36-18-21-12-6-5-7-13-21)20(2)27(29(38-31)30(33)35-3)39-32(34)37-19-26-24-16-10-8-14-22(24)23-15-9-11-17-25(23)26/h5-17,20,26-29,31H,4,18-19H2,1-3H3/t20-,27+,28?,29?,31-/m0/s1. The highest BCUT2D eigenvalue weighted by atomic mass is 32.2. The average Bonchev–Trinajstić information content (AvgIpc) is 3.31. The average molecular weight is 563 g/mol. The van der Waals surface area contributed by atoms with E-state index in [0.29, 0.717) is 6.61 Å². The molecule has 0 radical (unpaired) electrons. The highest BCUT2D eigenvalue weighted by molar-refractivity contribution is 7.99. The number of ether oxygens (including phenoxy) is 5. The van der Waals surface area contributed by atoms with Gasteiger partial charge in [0, 0.05) is 11.8 Å². The van der Waals surface area contributed by atoms with E-state index in [1.54, 1.807) is 0 Å². The van der Waals surface area contributed by atoms with E-state index in [-0.39, 0.29) is 18.4 Å². The normalized spacial score (nSPS) is 23.6. The molecule has 5 atom stereocenters. The van der Waals surface area contributed by atoms with Gasteiger partial charge in [-0.15, -0.1) is 11.8 Å². The quantitative estimate of drug-likeness (QED) is 0.286. The molecular weight excluding hydrogens is 528 g/mol. The molecule has 0 aromatic heterocycles. The van der Waals surface area contributed by atoms with Crippen molar-refractivity contribution >= 4 is 23.9 Å². The van der Waals surface area contributed by atoms with Crippen molar-refractivity contribution in [2.45, 2.75) is 50.1 Å². The summed E-state index contributed by atoms with van der Waals surface area (Å²) in [6.07, 6.45) is -3.34. The van der Waals surface area contributed by atoms with Crippen LogP contribution in [0.2, 0.25) is 0 Å². The number of benzene rings is 3. The molecule has 1 saturated heterocycles. The Morgan fingerprint density at radius 1 is 0.875 bits per heavy atom. The Labute approximate surface area is 239 Å². The van der Waals surface area contributed by atoms with Crippen LogP contribution in [0.3, 0.4) is 0 Å². The summed E-state index contributed by atoms with van der Waals surface area (Å²) in [6.45, 7) is 4.39. The molecule has 3 aromatic carbocycles. The van der Waals surface area contributed by atoms with E-state index in [1.807, 2.05) is 68.4 Å². The number of carbonyl (C=O) groups is 2. The van der Waals surface area contributed by atoms with E-state index in [9.17, 15) is 9.59 Å². The van der Waals surface area contributed by atoms with Crippen LogP contribution in [0.25, 0.3) is 11.1 Å². The molecule has 0 amide bonds. The summed E-state index contributed by atoms with van der Waals surface area (Å²) < 4.78 is 29.0. The van der Waals surface area contributed by atoms with E-state index in [0.717, 1.165) is 33.6 Å². The number of methoxy groups -OCH3 is 1. The molecule has 7 nitrogen and oxygen atoms in total. The summed E-state index contributed by atoms with van der Waals surface area (Å²) in [7, 11) is 1.29. The van der Waals surface area contributed by atoms with Crippen LogP contribution in [0, 0.1) is 5.92 Å². The van der Waals surface area contributed by atoms with Crippen LogP contribution in [0.1, 0.15) is 36.5 Å². The van der Waals surface area contributed by atoms with Gasteiger partial charge < -0.3 is 23.7 Å². The van der Waals surface area contributed by atoms with Crippen molar-refractivity contribution < 1.29 is 33.3 Å². The Morgan fingerprint density at radius 3 is 2.12 bits per heavy atom. The third-order valence-corrected chi connectivity index (χ3v) is 8.54. The topological polar surface area (TPSA) is 80.3 Å². The summed E-state index contributed by atoms with van der Waals surface area (Å²) in [5.74, 6) is -0.324. The van der Waals surface area contributed by atoms with Crippen molar-refractivity contribution in [3.8, 4) is 11.1 Å². The molecule has 210 valence electrons. The minimum absolute atomic E-state index is 0.108. The van der Waals surface area contributed by atoms with Crippen LogP contribution >= 0.6 is 11.8 Å². The molecule has 40 heavy (non-hydrogen) atoms. The summed E-state index contributed by atoms with van der Waals surface area (Å²) in [5, 5.41) is 0. The van der Waals surface area contributed by atoms with Crippen molar-refractivity contribution in [2.24, 2.45) is 5.92 Å². The fourth-order valence-corrected chi connectivity index (χ4v) is 6.56. The van der Waals surface area contributed by atoms with Gasteiger partial charge in [-0.05, 0) is 33.6 Å². The molecule has 0 saturated carbocycles. The first-order chi connectivity index (χ1) is 19.5. The second-order valence-electron chi connectivity index (χ2n) is 9.89. The van der Waals surface area contributed by atoms with Gasteiger partial charge in [-0.25, -0.2) is 9.59 Å². The Kier molecular flexibility index (Phi) is 9.09. The second kappa shape index (κ2) is 12.9. The monoisotopic (exact) mass is 562 g/mol. The van der Waals surface area contributed by atoms with Crippen molar-refractivity contribution in [1.82, 2.24) is 0 Å². The first-order valence-electron chi connectivity index (χ1n) is 13.5. The summed E-state index contributed by atoms with van der Waals surface area (Å²) >= 11 is 1.54. The van der Waals surface area contributed by atoms with E-state index in [2.05, 4.69) is 24.3 Å². The number of esters is 1. The molecule has 2 aliphatic rings. The molecule has 0 N–H and O–H groups in total. The van der Waals surface area contributed by atoms with Crippen LogP contribution < -0.4 is 0 Å². The van der Waals surface area contributed by atoms with Crippen molar-refractivity contribution in [1.29, 1.82) is 0 Å². The van der Waals surface area contributed by atoms with E-state index in [1.165, 1.54) is 18.9 Å². The van der Waals surface area contributed by atoms with Gasteiger partial charge in [-0.1, -0.05) is 92.7 Å². The minimum Gasteiger partial charge on any atom is -0.467 e. The lowest BCUT2D eigenvalue weighted by atomic mass is 9.91. The predicted octanol–water partition coefficient (Wildman–Crippen LogP) is 6.19. The molecule has 1 aliphatic carbocycles. The minimum atomic E-state index is -1.10. The lowest BCUT2D eigenvalue weighted by Crippen LogP contribution is -2.57. The SMILES string of the molecule is CCS[C@@H]1OC(C(=O)OC)[C@H](OC(=O)OCC2c3ccccc3-c3ccccc32)[C@H](C)C1OCc1ccccc1. The summed E-state index contributed by atoms with van der Waals surface area (Å²) in [4.78, 5) is 25.8. The van der Waals surface area contributed by atoms with Crippen LogP contribution in [0.5, 0.6) is 0 Å². The number of thioether (sulfide) groups is 1. The Balaban J connectivity index is 1.30. The summed E-state index contributed by atoms with van der Waals surface area (Å²) in [5.41, 5.74) is 5.06. The maximum absolute atomic E-state index is 13.1. The highest BCUT2D eigenvalue weighted by Crippen LogP contribution is 2.44. The first kappa shape index (κ1) is 28.2. The molecule has 1 fully saturated rings. The fraction of sp³-hybridized carbons (Fsp3) is 0.375. The van der Waals surface area contributed by atoms with Gasteiger partial charge in [0.05, 0.1) is 19.8 Å². The largest absolute Gasteiger partial charge is 0.508 e. The number of hydrogen-bond acceptors (Lipinski definition) is 8. The van der Waals surface area contributed by atoms with Gasteiger partial charge in [0.1, 0.15) is 18.1 Å². The van der Waals surface area contributed by atoms with E-state index >= 15 is 0 Å². The zero-order valence-electron chi connectivity index (χ0n) is 22.9. The van der Waals surface area contributed by atoms with Crippen molar-refractivity contribution in [3.63, 3.8) is 0 Å². The molecule has 2 unspecified atom stereocenters. The van der Waals surface area contributed by atoms with Gasteiger partial charge in [0.2, 0.25) is 0 Å². The number of rotatable bonds is 9. The highest BCUT2D eigenvalue weighted by Gasteiger charge is 2.50. The smallest absolute Gasteiger partial charge is 0.467 e. The fourth-order valence-electron chi connectivity index (χ4n) is 5.52. The number of hydrogen-bond donors (Lipinski definition) is 0. The molecular formula is C32H34O7S. The molecule has 8 heteroatoms. The lowest BCUT2D eigenvalue weighted by Gasteiger charge is -2.43. The zero-order chi connectivity index (χ0) is 28.1. The molecule has 0 spiro atoms. The van der Waals surface area contributed by atoms with Crippen molar-refractivity contribution in [2.75, 3.05) is 19.5 Å². The van der Waals surface area contributed by atoms with Gasteiger partial charge in [-0.2, -0.15) is 0 Å². The van der Waals surface area contributed by atoms with Gasteiger partial charge in [0.15, 0.2) is 6.10 Å². The van der Waals surface area contributed by atoms with Gasteiger partial charge in [-0.3, -0.25) is 0 Å². The van der Waals surface area contributed by atoms with Crippen LogP contribution in [-0.2, 0) is 35.1 Å². The van der Waals surface area contributed by atoms with Crippen LogP contribution in [0.4, 0.5) is 4.79 Å². The lowest BCUT2D eigenvalue weighted by molar-refractivity contribution is -0.206. The van der Waals surface area contributed by atoms with E-state index < -0.39 is 35.9 Å². The molecule has 5 rings (SSSR count). The number of fused-ring (bicyclic) bond motifs is 3. The molecule has 1 heterocycles. The maximum Gasteiger partial charge on any atom is 0.508 e. The maximum atomic E-state index is 13.1. The Bertz CT molecular complexity index is 1270. The molecule has 0 bridgehead atoms. The molecule has 3 aromatic rings. The van der Waals surface area contributed by atoms with Gasteiger partial charge in [0.25, 0.3) is 0 Å². The molecule has 1 aliphatic heterocycles. The van der Waals surface area contributed by atoms with E-state index in [4.69, 9.17) is 23.7 Å².